The Morgan fingerprint density at radius 1 is 0.750 bits per heavy atom. The normalized spacial score (nSPS) is 21.0. The van der Waals surface area contributed by atoms with E-state index in [1.54, 1.807) is 0 Å². The largest absolute Gasteiger partial charge is 0.378 e. The van der Waals surface area contributed by atoms with E-state index in [4.69, 9.17) is 4.74 Å². The average molecular weight is 395 g/mol. The van der Waals surface area contributed by atoms with Crippen LogP contribution in [-0.2, 0) is 4.74 Å². The minimum absolute atomic E-state index is 0.522. The molecule has 0 unspecified atom stereocenters. The van der Waals surface area contributed by atoms with Gasteiger partial charge in [0.2, 0.25) is 0 Å². The molecule has 1 fully saturated rings. The van der Waals surface area contributed by atoms with Crippen molar-refractivity contribution in [3.63, 3.8) is 0 Å². The minimum atomic E-state index is 0.522. The fourth-order valence-corrected chi connectivity index (χ4v) is 4.19. The summed E-state index contributed by atoms with van der Waals surface area (Å²) in [5, 5.41) is 1.16. The van der Waals surface area contributed by atoms with E-state index in [9.17, 15) is 0 Å². The molecule has 0 N–H and O–H groups in total. The number of benzene rings is 1. The molecule has 0 saturated heterocycles. The summed E-state index contributed by atoms with van der Waals surface area (Å²) in [7, 11) is 0. The molecule has 1 aliphatic carbocycles. The van der Waals surface area contributed by atoms with Gasteiger partial charge in [0.15, 0.2) is 0 Å². The molecule has 0 aliphatic heterocycles. The lowest BCUT2D eigenvalue weighted by atomic mass is 9.83. The summed E-state index contributed by atoms with van der Waals surface area (Å²) in [5.74, 6) is 0.760. The molecule has 0 radical (unpaired) electrons. The van der Waals surface area contributed by atoms with Gasteiger partial charge in [0, 0.05) is 11.9 Å². The number of hydrogen-bond acceptors (Lipinski definition) is 1. The lowest BCUT2D eigenvalue weighted by molar-refractivity contribution is 0.0226. The summed E-state index contributed by atoms with van der Waals surface area (Å²) in [6, 6.07) is 11.0. The highest BCUT2D eigenvalue weighted by Gasteiger charge is 2.22. The Hall–Kier alpha value is -0.340. The zero-order chi connectivity index (χ0) is 16.9. The van der Waals surface area contributed by atoms with Crippen molar-refractivity contribution in [1.29, 1.82) is 0 Å². The molecule has 1 saturated carbocycles. The van der Waals surface area contributed by atoms with Gasteiger partial charge >= 0.3 is 0 Å². The first-order valence-electron chi connectivity index (χ1n) is 10.1. The van der Waals surface area contributed by atoms with Crippen molar-refractivity contribution < 1.29 is 4.74 Å². The van der Waals surface area contributed by atoms with Gasteiger partial charge in [-0.2, -0.15) is 0 Å². The van der Waals surface area contributed by atoms with Crippen LogP contribution in [0.25, 0.3) is 0 Å². The number of hydrogen-bond donors (Lipinski definition) is 0. The highest BCUT2D eigenvalue weighted by Crippen LogP contribution is 2.33. The molecule has 24 heavy (non-hydrogen) atoms. The first-order valence-corrected chi connectivity index (χ1v) is 11.2. The lowest BCUT2D eigenvalue weighted by Gasteiger charge is -2.28. The summed E-state index contributed by atoms with van der Waals surface area (Å²) in [5.41, 5.74) is 1.52. The van der Waals surface area contributed by atoms with Gasteiger partial charge in [-0.1, -0.05) is 84.8 Å². The van der Waals surface area contributed by atoms with E-state index < -0.39 is 0 Å². The molecule has 0 atom stereocenters. The van der Waals surface area contributed by atoms with Gasteiger partial charge in [0.05, 0.1) is 6.10 Å². The van der Waals surface area contributed by atoms with Crippen molar-refractivity contribution in [3.05, 3.63) is 35.9 Å². The zero-order valence-corrected chi connectivity index (χ0v) is 16.8. The number of unbranched alkanes of at least 4 members (excludes halogenated alkanes) is 7. The SMILES string of the molecule is BrCCCCCCCCCCOC1CCC(c2ccccc2)CC1. The van der Waals surface area contributed by atoms with Crippen LogP contribution in [-0.4, -0.2) is 18.0 Å². The number of ether oxygens (including phenoxy) is 1. The van der Waals surface area contributed by atoms with Gasteiger partial charge in [-0.15, -0.1) is 0 Å². The third-order valence-electron chi connectivity index (χ3n) is 5.33. The van der Waals surface area contributed by atoms with Crippen LogP contribution in [0.2, 0.25) is 0 Å². The summed E-state index contributed by atoms with van der Waals surface area (Å²) in [6.45, 7) is 0.976. The monoisotopic (exact) mass is 394 g/mol. The Morgan fingerprint density at radius 2 is 1.33 bits per heavy atom. The van der Waals surface area contributed by atoms with Crippen molar-refractivity contribution in [3.8, 4) is 0 Å². The van der Waals surface area contributed by atoms with Crippen LogP contribution in [0.1, 0.15) is 88.5 Å². The van der Waals surface area contributed by atoms with Crippen molar-refractivity contribution in [1.82, 2.24) is 0 Å². The van der Waals surface area contributed by atoms with Crippen LogP contribution in [0.3, 0.4) is 0 Å². The summed E-state index contributed by atoms with van der Waals surface area (Å²) < 4.78 is 6.12. The molecule has 0 spiro atoms. The van der Waals surface area contributed by atoms with E-state index in [-0.39, 0.29) is 0 Å². The second kappa shape index (κ2) is 12.9. The molecular weight excluding hydrogens is 360 g/mol. The Morgan fingerprint density at radius 3 is 1.96 bits per heavy atom. The van der Waals surface area contributed by atoms with Gasteiger partial charge < -0.3 is 4.74 Å². The average Bonchev–Trinajstić information content (AvgIpc) is 2.64. The summed E-state index contributed by atoms with van der Waals surface area (Å²) >= 11 is 3.49. The predicted octanol–water partition coefficient (Wildman–Crippen LogP) is 7.25. The molecule has 0 aromatic heterocycles. The smallest absolute Gasteiger partial charge is 0.0575 e. The maximum absolute atomic E-state index is 6.12. The van der Waals surface area contributed by atoms with Crippen LogP contribution >= 0.6 is 15.9 Å². The highest BCUT2D eigenvalue weighted by molar-refractivity contribution is 9.09. The van der Waals surface area contributed by atoms with Crippen molar-refractivity contribution in [2.75, 3.05) is 11.9 Å². The molecule has 136 valence electrons. The van der Waals surface area contributed by atoms with E-state index in [0.29, 0.717) is 6.10 Å². The van der Waals surface area contributed by atoms with E-state index >= 15 is 0 Å². The van der Waals surface area contributed by atoms with E-state index in [2.05, 4.69) is 46.3 Å². The van der Waals surface area contributed by atoms with E-state index in [0.717, 1.165) is 17.9 Å². The molecule has 1 aliphatic rings. The Kier molecular flexibility index (Phi) is 10.8. The molecule has 1 nitrogen and oxygen atoms in total. The molecule has 1 aromatic carbocycles. The van der Waals surface area contributed by atoms with Gasteiger partial charge in [0.25, 0.3) is 0 Å². The molecule has 0 heterocycles. The first-order chi connectivity index (χ1) is 11.9. The Labute approximate surface area is 157 Å². The maximum atomic E-state index is 6.12. The third-order valence-corrected chi connectivity index (χ3v) is 5.89. The number of alkyl halides is 1. The maximum Gasteiger partial charge on any atom is 0.0575 e. The first kappa shape index (κ1) is 20.0. The molecule has 2 heteroatoms. The van der Waals surface area contributed by atoms with Gasteiger partial charge in [-0.25, -0.2) is 0 Å². The standard InChI is InChI=1S/C22H35BrO/c23-18-10-5-3-1-2-4-6-11-19-24-22-16-14-21(15-17-22)20-12-8-7-9-13-20/h7-9,12-13,21-22H,1-6,10-11,14-19H2. The third kappa shape index (κ3) is 8.16. The van der Waals surface area contributed by atoms with Crippen molar-refractivity contribution in [2.45, 2.75) is 89.1 Å². The second-order valence-corrected chi connectivity index (χ2v) is 8.07. The lowest BCUT2D eigenvalue weighted by Crippen LogP contribution is -2.21. The van der Waals surface area contributed by atoms with Gasteiger partial charge in [0.1, 0.15) is 0 Å². The van der Waals surface area contributed by atoms with Gasteiger partial charge in [-0.3, -0.25) is 0 Å². The zero-order valence-electron chi connectivity index (χ0n) is 15.2. The molecule has 1 aromatic rings. The number of halogens is 1. The van der Waals surface area contributed by atoms with Crippen LogP contribution in [0.15, 0.2) is 30.3 Å². The summed E-state index contributed by atoms with van der Waals surface area (Å²) in [6.07, 6.45) is 16.5. The highest BCUT2D eigenvalue weighted by atomic mass is 79.9. The van der Waals surface area contributed by atoms with E-state index in [1.807, 2.05) is 0 Å². The second-order valence-electron chi connectivity index (χ2n) is 7.27. The van der Waals surface area contributed by atoms with Crippen LogP contribution in [0.5, 0.6) is 0 Å². The van der Waals surface area contributed by atoms with E-state index in [1.165, 1.54) is 82.6 Å². The van der Waals surface area contributed by atoms with Gasteiger partial charge in [-0.05, 0) is 50.0 Å². The topological polar surface area (TPSA) is 9.23 Å². The van der Waals surface area contributed by atoms with Crippen LogP contribution in [0.4, 0.5) is 0 Å². The van der Waals surface area contributed by atoms with Crippen molar-refractivity contribution >= 4 is 15.9 Å². The van der Waals surface area contributed by atoms with Crippen LogP contribution in [0, 0.1) is 0 Å². The number of rotatable bonds is 12. The fourth-order valence-electron chi connectivity index (χ4n) is 3.80. The fraction of sp³-hybridized carbons (Fsp3) is 0.727. The molecule has 0 bridgehead atoms. The minimum Gasteiger partial charge on any atom is -0.378 e. The molecular formula is C22H35BrO. The predicted molar refractivity (Wildman–Crippen MR) is 108 cm³/mol. The molecule has 0 amide bonds. The Balaban J connectivity index is 1.43. The van der Waals surface area contributed by atoms with Crippen molar-refractivity contribution in [2.24, 2.45) is 0 Å². The summed E-state index contributed by atoms with van der Waals surface area (Å²) in [4.78, 5) is 0. The van der Waals surface area contributed by atoms with Crippen LogP contribution < -0.4 is 0 Å². The Bertz CT molecular complexity index is 398. The molecule has 2 rings (SSSR count). The quantitative estimate of drug-likeness (QED) is 0.268.